The second kappa shape index (κ2) is 7.03. The van der Waals surface area contributed by atoms with Crippen molar-refractivity contribution in [3.63, 3.8) is 0 Å². The molecule has 0 atom stereocenters. The van der Waals surface area contributed by atoms with Gasteiger partial charge in [-0.2, -0.15) is 10.2 Å². The first kappa shape index (κ1) is 16.7. The Morgan fingerprint density at radius 2 is 2.00 bits per heavy atom. The molecule has 22 heavy (non-hydrogen) atoms. The van der Waals surface area contributed by atoms with Gasteiger partial charge in [-0.05, 0) is 18.1 Å². The maximum absolute atomic E-state index is 12.4. The standard InChI is InChI=1S/C16H21N3O2S/c1-3-5-11-16(18-19-16)12-13-17-22(20,21)15-10-7-6-9-14(15)8-4-2/h1,6-7,9-10,17H,4-5,8,11-13H2,2H3. The van der Waals surface area contributed by atoms with Crippen LogP contribution in [0.5, 0.6) is 0 Å². The zero-order chi connectivity index (χ0) is 16.1. The summed E-state index contributed by atoms with van der Waals surface area (Å²) in [4.78, 5) is 0.360. The van der Waals surface area contributed by atoms with Crippen molar-refractivity contribution in [1.82, 2.24) is 4.72 Å². The Kier molecular flexibility index (Phi) is 5.33. The van der Waals surface area contributed by atoms with Gasteiger partial charge in [0.15, 0.2) is 5.66 Å². The highest BCUT2D eigenvalue weighted by Crippen LogP contribution is 2.36. The van der Waals surface area contributed by atoms with Crippen LogP contribution in [0.4, 0.5) is 0 Å². The smallest absolute Gasteiger partial charge is 0.211 e. The normalized spacial score (nSPS) is 15.5. The second-order valence-electron chi connectivity index (χ2n) is 5.39. The summed E-state index contributed by atoms with van der Waals surface area (Å²) in [5.74, 6) is 2.56. The summed E-state index contributed by atoms with van der Waals surface area (Å²) < 4.78 is 27.5. The molecule has 0 aromatic heterocycles. The van der Waals surface area contributed by atoms with Crippen LogP contribution in [0.2, 0.25) is 0 Å². The van der Waals surface area contributed by atoms with E-state index in [9.17, 15) is 8.42 Å². The number of hydrogen-bond donors (Lipinski definition) is 1. The van der Waals surface area contributed by atoms with Gasteiger partial charge >= 0.3 is 0 Å². The zero-order valence-corrected chi connectivity index (χ0v) is 13.6. The van der Waals surface area contributed by atoms with E-state index >= 15 is 0 Å². The third-order valence-electron chi connectivity index (χ3n) is 3.65. The summed E-state index contributed by atoms with van der Waals surface area (Å²) in [6.07, 6.45) is 8.70. The van der Waals surface area contributed by atoms with Crippen molar-refractivity contribution in [2.45, 2.75) is 49.6 Å². The Morgan fingerprint density at radius 3 is 2.64 bits per heavy atom. The molecule has 5 nitrogen and oxygen atoms in total. The average Bonchev–Trinajstić information content (AvgIpc) is 3.26. The third-order valence-corrected chi connectivity index (χ3v) is 5.21. The molecule has 0 bridgehead atoms. The average molecular weight is 319 g/mol. The zero-order valence-electron chi connectivity index (χ0n) is 12.7. The Labute approximate surface area is 132 Å². The number of aryl methyl sites for hydroxylation is 1. The lowest BCUT2D eigenvalue weighted by molar-refractivity contribution is 0.505. The molecular weight excluding hydrogens is 298 g/mol. The third kappa shape index (κ3) is 4.15. The summed E-state index contributed by atoms with van der Waals surface area (Å²) in [6, 6.07) is 7.11. The van der Waals surface area contributed by atoms with E-state index in [0.717, 1.165) is 18.4 Å². The summed E-state index contributed by atoms with van der Waals surface area (Å²) in [5.41, 5.74) is 0.387. The molecule has 0 aliphatic carbocycles. The van der Waals surface area contributed by atoms with Crippen LogP contribution in [0, 0.1) is 12.3 Å². The molecule has 0 unspecified atom stereocenters. The molecule has 6 heteroatoms. The highest BCUT2D eigenvalue weighted by atomic mass is 32.2. The van der Waals surface area contributed by atoms with Gasteiger partial charge in [0.1, 0.15) is 0 Å². The Balaban J connectivity index is 1.96. The van der Waals surface area contributed by atoms with Crippen molar-refractivity contribution in [3.05, 3.63) is 29.8 Å². The Hall–Kier alpha value is -1.71. The quantitative estimate of drug-likeness (QED) is 0.711. The fourth-order valence-electron chi connectivity index (χ4n) is 2.37. The molecule has 0 fully saturated rings. The van der Waals surface area contributed by atoms with Crippen LogP contribution < -0.4 is 4.72 Å². The van der Waals surface area contributed by atoms with Crippen molar-refractivity contribution >= 4 is 10.0 Å². The lowest BCUT2D eigenvalue weighted by Crippen LogP contribution is -2.29. The molecular formula is C16H21N3O2S. The van der Waals surface area contributed by atoms with E-state index in [1.165, 1.54) is 0 Å². The van der Waals surface area contributed by atoms with Crippen molar-refractivity contribution in [1.29, 1.82) is 0 Å². The van der Waals surface area contributed by atoms with E-state index in [4.69, 9.17) is 6.42 Å². The number of benzene rings is 1. The minimum atomic E-state index is -3.50. The van der Waals surface area contributed by atoms with Crippen molar-refractivity contribution in [2.24, 2.45) is 10.2 Å². The highest BCUT2D eigenvalue weighted by molar-refractivity contribution is 7.89. The first-order chi connectivity index (χ1) is 10.5. The predicted molar refractivity (Wildman–Crippen MR) is 85.9 cm³/mol. The molecule has 0 saturated carbocycles. The monoisotopic (exact) mass is 319 g/mol. The van der Waals surface area contributed by atoms with Crippen LogP contribution >= 0.6 is 0 Å². The largest absolute Gasteiger partial charge is 0.240 e. The van der Waals surface area contributed by atoms with Gasteiger partial charge in [0.2, 0.25) is 10.0 Å². The molecule has 1 N–H and O–H groups in total. The Bertz CT molecular complexity index is 684. The van der Waals surface area contributed by atoms with Crippen LogP contribution in [0.1, 0.15) is 38.2 Å². The van der Waals surface area contributed by atoms with Gasteiger partial charge in [-0.1, -0.05) is 31.5 Å². The van der Waals surface area contributed by atoms with Crippen molar-refractivity contribution < 1.29 is 8.42 Å². The predicted octanol–water partition coefficient (Wildman–Crippen LogP) is 2.88. The van der Waals surface area contributed by atoms with E-state index < -0.39 is 15.7 Å². The topological polar surface area (TPSA) is 70.9 Å². The SMILES string of the molecule is C#CCCC1(CCNS(=O)(=O)c2ccccc2CCC)N=N1. The fourth-order valence-corrected chi connectivity index (χ4v) is 3.67. The highest BCUT2D eigenvalue weighted by Gasteiger charge is 2.38. The van der Waals surface area contributed by atoms with Crippen LogP contribution in [-0.2, 0) is 16.4 Å². The molecule has 0 spiro atoms. The number of nitrogens with zero attached hydrogens (tertiary/aromatic N) is 2. The lowest BCUT2D eigenvalue weighted by Gasteiger charge is -2.12. The molecule has 1 aliphatic heterocycles. The van der Waals surface area contributed by atoms with Crippen molar-refractivity contribution in [2.75, 3.05) is 6.54 Å². The Morgan fingerprint density at radius 1 is 1.27 bits per heavy atom. The van der Waals surface area contributed by atoms with Gasteiger partial charge in [0.25, 0.3) is 0 Å². The molecule has 2 rings (SSSR count). The van der Waals surface area contributed by atoms with E-state index in [1.807, 2.05) is 19.1 Å². The molecule has 0 saturated heterocycles. The summed E-state index contributed by atoms with van der Waals surface area (Å²) in [5, 5.41) is 8.01. The lowest BCUT2D eigenvalue weighted by atomic mass is 10.1. The van der Waals surface area contributed by atoms with Gasteiger partial charge in [-0.25, -0.2) is 13.1 Å². The van der Waals surface area contributed by atoms with Crippen LogP contribution in [0.15, 0.2) is 39.4 Å². The first-order valence-corrected chi connectivity index (χ1v) is 8.96. The van der Waals surface area contributed by atoms with E-state index in [2.05, 4.69) is 20.9 Å². The molecule has 1 heterocycles. The fraction of sp³-hybridized carbons (Fsp3) is 0.500. The van der Waals surface area contributed by atoms with Crippen LogP contribution in [0.3, 0.4) is 0 Å². The molecule has 1 aromatic rings. The minimum absolute atomic E-state index is 0.306. The minimum Gasteiger partial charge on any atom is -0.211 e. The van der Waals surface area contributed by atoms with Gasteiger partial charge in [0, 0.05) is 25.8 Å². The summed E-state index contributed by atoms with van der Waals surface area (Å²) >= 11 is 0. The van der Waals surface area contributed by atoms with Gasteiger partial charge in [0.05, 0.1) is 4.90 Å². The molecule has 0 radical (unpaired) electrons. The molecule has 118 valence electrons. The van der Waals surface area contributed by atoms with Crippen LogP contribution in [-0.4, -0.2) is 20.6 Å². The van der Waals surface area contributed by atoms with Gasteiger partial charge in [-0.3, -0.25) is 0 Å². The number of rotatable bonds is 9. The van der Waals surface area contributed by atoms with Gasteiger partial charge in [-0.15, -0.1) is 12.3 Å². The second-order valence-corrected chi connectivity index (χ2v) is 7.13. The maximum Gasteiger partial charge on any atom is 0.240 e. The molecule has 0 amide bonds. The number of terminal acetylenes is 1. The van der Waals surface area contributed by atoms with E-state index in [0.29, 0.717) is 30.7 Å². The molecule has 1 aromatic carbocycles. The van der Waals surface area contributed by atoms with Gasteiger partial charge < -0.3 is 0 Å². The van der Waals surface area contributed by atoms with E-state index in [1.54, 1.807) is 12.1 Å². The number of hydrogen-bond acceptors (Lipinski definition) is 4. The van der Waals surface area contributed by atoms with Crippen LogP contribution in [0.25, 0.3) is 0 Å². The van der Waals surface area contributed by atoms with Crippen molar-refractivity contribution in [3.8, 4) is 12.3 Å². The van der Waals surface area contributed by atoms with E-state index in [-0.39, 0.29) is 0 Å². The summed E-state index contributed by atoms with van der Waals surface area (Å²) in [6.45, 7) is 2.34. The maximum atomic E-state index is 12.4. The molecule has 1 aliphatic rings. The first-order valence-electron chi connectivity index (χ1n) is 7.48. The summed E-state index contributed by atoms with van der Waals surface area (Å²) in [7, 11) is -3.50. The number of nitrogens with one attached hydrogen (secondary N) is 1. The number of sulfonamides is 1.